The number of carbonyl (C=O) groups excluding carboxylic acids is 1. The van der Waals surface area contributed by atoms with Gasteiger partial charge in [-0.2, -0.15) is 4.31 Å². The molecule has 118 valence electrons. The number of rotatable bonds is 6. The highest BCUT2D eigenvalue weighted by Crippen LogP contribution is 2.28. The van der Waals surface area contributed by atoms with Crippen molar-refractivity contribution in [1.82, 2.24) is 9.62 Å². The van der Waals surface area contributed by atoms with Crippen molar-refractivity contribution in [3.05, 3.63) is 18.2 Å². The minimum atomic E-state index is -3.84. The number of anilines is 1. The van der Waals surface area contributed by atoms with Crippen LogP contribution in [-0.2, 0) is 14.8 Å². The fraction of sp³-hybridized carbons (Fsp3) is 0.462. The summed E-state index contributed by atoms with van der Waals surface area (Å²) in [6.45, 7) is 3.33. The molecule has 0 spiro atoms. The van der Waals surface area contributed by atoms with E-state index in [0.717, 1.165) is 4.31 Å². The summed E-state index contributed by atoms with van der Waals surface area (Å²) in [6, 6.07) is 4.20. The molecule has 0 saturated heterocycles. The van der Waals surface area contributed by atoms with E-state index in [0.29, 0.717) is 5.69 Å². The molecule has 0 saturated carbocycles. The molecule has 8 heteroatoms. The van der Waals surface area contributed by atoms with Gasteiger partial charge in [0.2, 0.25) is 15.9 Å². The Kier molecular flexibility index (Phi) is 5.56. The number of sulfonamides is 1. The number of nitrogens with zero attached hydrogens (tertiary/aromatic N) is 1. The zero-order valence-corrected chi connectivity index (χ0v) is 13.4. The van der Waals surface area contributed by atoms with Crippen LogP contribution >= 0.6 is 0 Å². The number of nitrogens with one attached hydrogen (secondary N) is 1. The minimum absolute atomic E-state index is 0.0287. The van der Waals surface area contributed by atoms with E-state index >= 15 is 0 Å². The number of benzene rings is 1. The van der Waals surface area contributed by atoms with Crippen molar-refractivity contribution in [3.63, 3.8) is 0 Å². The highest BCUT2D eigenvalue weighted by molar-refractivity contribution is 7.89. The molecule has 0 aromatic heterocycles. The standard InChI is InChI=1S/C13H21N3O4S/c1-9(2)15-13(17)8-16(3)21(18,19)12-6-5-10(14)7-11(12)20-4/h5-7,9H,8,14H2,1-4H3,(H,15,17). The first-order chi connectivity index (χ1) is 9.68. The van der Waals surface area contributed by atoms with Crippen LogP contribution in [0.15, 0.2) is 23.1 Å². The molecule has 0 bridgehead atoms. The SMILES string of the molecule is COc1cc(N)ccc1S(=O)(=O)N(C)CC(=O)NC(C)C. The maximum absolute atomic E-state index is 12.5. The van der Waals surface area contributed by atoms with Gasteiger partial charge in [-0.25, -0.2) is 8.42 Å². The molecule has 0 atom stereocenters. The van der Waals surface area contributed by atoms with Gasteiger partial charge >= 0.3 is 0 Å². The molecule has 1 aromatic carbocycles. The molecule has 0 aliphatic heterocycles. The predicted octanol–water partition coefficient (Wildman–Crippen LogP) is 0.423. The van der Waals surface area contributed by atoms with Gasteiger partial charge in [-0.05, 0) is 26.0 Å². The van der Waals surface area contributed by atoms with Gasteiger partial charge in [-0.15, -0.1) is 0 Å². The Morgan fingerprint density at radius 3 is 2.57 bits per heavy atom. The fourth-order valence-corrected chi connectivity index (χ4v) is 2.98. The van der Waals surface area contributed by atoms with E-state index < -0.39 is 10.0 Å². The molecule has 0 aliphatic rings. The summed E-state index contributed by atoms with van der Waals surface area (Å²) in [5, 5.41) is 2.64. The van der Waals surface area contributed by atoms with Crippen molar-refractivity contribution in [2.24, 2.45) is 0 Å². The van der Waals surface area contributed by atoms with Crippen LogP contribution < -0.4 is 15.8 Å². The lowest BCUT2D eigenvalue weighted by molar-refractivity contribution is -0.121. The molecule has 0 heterocycles. The van der Waals surface area contributed by atoms with E-state index in [-0.39, 0.29) is 29.1 Å². The van der Waals surface area contributed by atoms with Gasteiger partial charge in [0.15, 0.2) is 0 Å². The average Bonchev–Trinajstić information content (AvgIpc) is 2.36. The summed E-state index contributed by atoms with van der Waals surface area (Å²) in [5.41, 5.74) is 6.00. The molecule has 3 N–H and O–H groups in total. The average molecular weight is 315 g/mol. The molecule has 0 unspecified atom stereocenters. The number of nitrogens with two attached hydrogens (primary N) is 1. The first-order valence-corrected chi connectivity index (χ1v) is 7.81. The Labute approximate surface area is 125 Å². The van der Waals surface area contributed by atoms with E-state index in [1.165, 1.54) is 32.4 Å². The van der Waals surface area contributed by atoms with Crippen LogP contribution in [-0.4, -0.2) is 45.4 Å². The van der Waals surface area contributed by atoms with Gasteiger partial charge < -0.3 is 15.8 Å². The van der Waals surface area contributed by atoms with Crippen LogP contribution in [0.1, 0.15) is 13.8 Å². The van der Waals surface area contributed by atoms with Crippen molar-refractivity contribution in [2.75, 3.05) is 26.4 Å². The molecule has 7 nitrogen and oxygen atoms in total. The second-order valence-electron chi connectivity index (χ2n) is 4.89. The number of nitrogen functional groups attached to an aromatic ring is 1. The highest BCUT2D eigenvalue weighted by atomic mass is 32.2. The summed E-state index contributed by atoms with van der Waals surface area (Å²) in [4.78, 5) is 11.7. The monoisotopic (exact) mass is 315 g/mol. The van der Waals surface area contributed by atoms with Crippen LogP contribution in [0, 0.1) is 0 Å². The van der Waals surface area contributed by atoms with E-state index in [2.05, 4.69) is 5.32 Å². The van der Waals surface area contributed by atoms with Crippen molar-refractivity contribution < 1.29 is 17.9 Å². The molecule has 1 amide bonds. The van der Waals surface area contributed by atoms with E-state index in [9.17, 15) is 13.2 Å². The summed E-state index contributed by atoms with van der Waals surface area (Å²) in [6.07, 6.45) is 0. The van der Waals surface area contributed by atoms with E-state index in [1.807, 2.05) is 0 Å². The number of methoxy groups -OCH3 is 1. The highest BCUT2D eigenvalue weighted by Gasteiger charge is 2.26. The number of likely N-dealkylation sites (N-methyl/N-ethyl adjacent to an activating group) is 1. The Hall–Kier alpha value is -1.80. The summed E-state index contributed by atoms with van der Waals surface area (Å²) in [5.74, 6) is -0.225. The molecule has 0 aliphatic carbocycles. The van der Waals surface area contributed by atoms with Crippen molar-refractivity contribution >= 4 is 21.6 Å². The summed E-state index contributed by atoms with van der Waals surface area (Å²) in [7, 11) is -1.14. The van der Waals surface area contributed by atoms with Crippen molar-refractivity contribution in [2.45, 2.75) is 24.8 Å². The van der Waals surface area contributed by atoms with Gasteiger partial charge in [-0.1, -0.05) is 0 Å². The van der Waals surface area contributed by atoms with Gasteiger partial charge in [0, 0.05) is 24.8 Å². The Morgan fingerprint density at radius 2 is 2.05 bits per heavy atom. The van der Waals surface area contributed by atoms with E-state index in [4.69, 9.17) is 10.5 Å². The molecular weight excluding hydrogens is 294 g/mol. The summed E-state index contributed by atoms with van der Waals surface area (Å²) >= 11 is 0. The van der Waals surface area contributed by atoms with Crippen LogP contribution in [0.5, 0.6) is 5.75 Å². The van der Waals surface area contributed by atoms with Crippen LogP contribution in [0.4, 0.5) is 5.69 Å². The lowest BCUT2D eigenvalue weighted by Gasteiger charge is -2.19. The third kappa shape index (κ3) is 4.33. The van der Waals surface area contributed by atoms with Crippen molar-refractivity contribution in [3.8, 4) is 5.75 Å². The second kappa shape index (κ2) is 6.77. The van der Waals surface area contributed by atoms with Crippen molar-refractivity contribution in [1.29, 1.82) is 0 Å². The van der Waals surface area contributed by atoms with Crippen LogP contribution in [0.2, 0.25) is 0 Å². The van der Waals surface area contributed by atoms with E-state index in [1.54, 1.807) is 13.8 Å². The zero-order chi connectivity index (χ0) is 16.2. The number of hydrogen-bond acceptors (Lipinski definition) is 5. The van der Waals surface area contributed by atoms with Crippen LogP contribution in [0.3, 0.4) is 0 Å². The number of hydrogen-bond donors (Lipinski definition) is 2. The molecule has 1 aromatic rings. The molecular formula is C13H21N3O4S. The first kappa shape index (κ1) is 17.3. The lowest BCUT2D eigenvalue weighted by Crippen LogP contribution is -2.40. The maximum atomic E-state index is 12.5. The first-order valence-electron chi connectivity index (χ1n) is 6.37. The lowest BCUT2D eigenvalue weighted by atomic mass is 10.3. The zero-order valence-electron chi connectivity index (χ0n) is 12.6. The predicted molar refractivity (Wildman–Crippen MR) is 80.5 cm³/mol. The normalized spacial score (nSPS) is 11.7. The Morgan fingerprint density at radius 1 is 1.43 bits per heavy atom. The topological polar surface area (TPSA) is 102 Å². The van der Waals surface area contributed by atoms with Gasteiger partial charge in [0.1, 0.15) is 10.6 Å². The molecule has 0 radical (unpaired) electrons. The third-order valence-corrected chi connectivity index (χ3v) is 4.53. The minimum Gasteiger partial charge on any atom is -0.495 e. The smallest absolute Gasteiger partial charge is 0.246 e. The van der Waals surface area contributed by atoms with Gasteiger partial charge in [0.05, 0.1) is 13.7 Å². The van der Waals surface area contributed by atoms with Gasteiger partial charge in [0.25, 0.3) is 0 Å². The third-order valence-electron chi connectivity index (χ3n) is 2.69. The number of amides is 1. The Bertz CT molecular complexity index is 614. The second-order valence-corrected chi connectivity index (χ2v) is 6.91. The van der Waals surface area contributed by atoms with Crippen LogP contribution in [0.25, 0.3) is 0 Å². The fourth-order valence-electron chi connectivity index (χ4n) is 1.72. The largest absolute Gasteiger partial charge is 0.495 e. The molecule has 0 fully saturated rings. The molecule has 1 rings (SSSR count). The number of carbonyl (C=O) groups is 1. The Balaban J connectivity index is 3.03. The quantitative estimate of drug-likeness (QED) is 0.741. The van der Waals surface area contributed by atoms with Gasteiger partial charge in [-0.3, -0.25) is 4.79 Å². The number of ether oxygens (including phenoxy) is 1. The maximum Gasteiger partial charge on any atom is 0.246 e. The molecule has 21 heavy (non-hydrogen) atoms. The summed E-state index contributed by atoms with van der Waals surface area (Å²) < 4.78 is 31.0.